The minimum atomic E-state index is -3.63. The summed E-state index contributed by atoms with van der Waals surface area (Å²) in [5, 5.41) is 7.13. The molecule has 1 N–H and O–H groups in total. The third-order valence-electron chi connectivity index (χ3n) is 3.81. The summed E-state index contributed by atoms with van der Waals surface area (Å²) in [5.41, 5.74) is 0.440. The molecule has 2 aromatic rings. The maximum absolute atomic E-state index is 12.0. The van der Waals surface area contributed by atoms with Gasteiger partial charge in [-0.3, -0.25) is 4.90 Å². The SMILES string of the molecule is CN1CCNCC1c1noc(-c2coc(S(=O)(=O)N(C)C)c2)n1.Cl. The topological polar surface area (TPSA) is 105 Å². The van der Waals surface area contributed by atoms with Crippen LogP contribution in [-0.4, -0.2) is 68.5 Å². The van der Waals surface area contributed by atoms with E-state index < -0.39 is 10.0 Å². The Labute approximate surface area is 146 Å². The molecule has 3 rings (SSSR count). The summed E-state index contributed by atoms with van der Waals surface area (Å²) >= 11 is 0. The molecule has 11 heteroatoms. The predicted octanol–water partition coefficient (Wildman–Crippen LogP) is 0.578. The maximum atomic E-state index is 12.0. The van der Waals surface area contributed by atoms with Crippen LogP contribution in [0.2, 0.25) is 0 Å². The summed E-state index contributed by atoms with van der Waals surface area (Å²) in [6.45, 7) is 2.55. The van der Waals surface area contributed by atoms with E-state index in [-0.39, 0.29) is 29.4 Å². The van der Waals surface area contributed by atoms with Crippen LogP contribution in [0, 0.1) is 0 Å². The van der Waals surface area contributed by atoms with E-state index in [0.717, 1.165) is 23.9 Å². The molecule has 0 aromatic carbocycles. The first-order chi connectivity index (χ1) is 10.9. The zero-order valence-electron chi connectivity index (χ0n) is 13.6. The van der Waals surface area contributed by atoms with Gasteiger partial charge in [0.15, 0.2) is 5.82 Å². The molecule has 0 saturated carbocycles. The molecule has 9 nitrogen and oxygen atoms in total. The molecule has 1 aliphatic rings. The Morgan fingerprint density at radius 1 is 1.42 bits per heavy atom. The van der Waals surface area contributed by atoms with Gasteiger partial charge in [0, 0.05) is 39.8 Å². The van der Waals surface area contributed by atoms with Crippen molar-refractivity contribution in [3.05, 3.63) is 18.2 Å². The molecule has 2 aromatic heterocycles. The van der Waals surface area contributed by atoms with Crippen LogP contribution in [0.4, 0.5) is 0 Å². The van der Waals surface area contributed by atoms with Crippen molar-refractivity contribution in [3.8, 4) is 11.5 Å². The van der Waals surface area contributed by atoms with Crippen LogP contribution in [0.25, 0.3) is 11.5 Å². The van der Waals surface area contributed by atoms with Crippen molar-refractivity contribution in [3.63, 3.8) is 0 Å². The molecule has 0 aliphatic carbocycles. The number of rotatable bonds is 4. The highest BCUT2D eigenvalue weighted by Crippen LogP contribution is 2.26. The molecule has 24 heavy (non-hydrogen) atoms. The van der Waals surface area contributed by atoms with Gasteiger partial charge >= 0.3 is 0 Å². The van der Waals surface area contributed by atoms with Gasteiger partial charge < -0.3 is 14.3 Å². The van der Waals surface area contributed by atoms with Gasteiger partial charge in [-0.15, -0.1) is 12.4 Å². The highest BCUT2D eigenvalue weighted by molar-refractivity contribution is 7.88. The largest absolute Gasteiger partial charge is 0.451 e. The Hall–Kier alpha value is -1.46. The second-order valence-corrected chi connectivity index (χ2v) is 7.68. The number of piperazine rings is 1. The van der Waals surface area contributed by atoms with Gasteiger partial charge in [0.05, 0.1) is 11.6 Å². The smallest absolute Gasteiger partial charge is 0.275 e. The number of nitrogens with zero attached hydrogens (tertiary/aromatic N) is 4. The van der Waals surface area contributed by atoms with Crippen LogP contribution in [0.3, 0.4) is 0 Å². The molecule has 3 heterocycles. The van der Waals surface area contributed by atoms with E-state index >= 15 is 0 Å². The zero-order valence-corrected chi connectivity index (χ0v) is 15.2. The van der Waals surface area contributed by atoms with E-state index in [1.165, 1.54) is 26.4 Å². The number of sulfonamides is 1. The zero-order chi connectivity index (χ0) is 16.6. The Bertz CT molecular complexity index is 788. The van der Waals surface area contributed by atoms with E-state index in [9.17, 15) is 8.42 Å². The molecule has 1 fully saturated rings. The Morgan fingerprint density at radius 3 is 2.83 bits per heavy atom. The van der Waals surface area contributed by atoms with E-state index in [1.807, 2.05) is 7.05 Å². The van der Waals surface area contributed by atoms with Crippen molar-refractivity contribution in [2.24, 2.45) is 0 Å². The van der Waals surface area contributed by atoms with E-state index in [4.69, 9.17) is 8.94 Å². The highest BCUT2D eigenvalue weighted by Gasteiger charge is 2.27. The van der Waals surface area contributed by atoms with Crippen molar-refractivity contribution in [1.82, 2.24) is 24.7 Å². The van der Waals surface area contributed by atoms with Crippen LogP contribution in [-0.2, 0) is 10.0 Å². The molecule has 0 bridgehead atoms. The summed E-state index contributed by atoms with van der Waals surface area (Å²) in [5.74, 6) is 0.802. The number of nitrogens with one attached hydrogen (secondary N) is 1. The first kappa shape index (κ1) is 18.9. The second-order valence-electron chi connectivity index (χ2n) is 5.60. The van der Waals surface area contributed by atoms with Gasteiger partial charge in [-0.25, -0.2) is 12.7 Å². The fourth-order valence-corrected chi connectivity index (χ4v) is 3.13. The highest BCUT2D eigenvalue weighted by atomic mass is 35.5. The fourth-order valence-electron chi connectivity index (χ4n) is 2.33. The number of likely N-dealkylation sites (N-methyl/N-ethyl adjacent to an activating group) is 1. The maximum Gasteiger partial charge on any atom is 0.275 e. The fraction of sp³-hybridized carbons (Fsp3) is 0.538. The average Bonchev–Trinajstić information content (AvgIpc) is 3.17. The van der Waals surface area contributed by atoms with Crippen LogP contribution in [0.5, 0.6) is 0 Å². The molecule has 1 unspecified atom stereocenters. The third-order valence-corrected chi connectivity index (χ3v) is 5.49. The lowest BCUT2D eigenvalue weighted by molar-refractivity contribution is 0.190. The minimum Gasteiger partial charge on any atom is -0.451 e. The van der Waals surface area contributed by atoms with Crippen molar-refractivity contribution in [2.75, 3.05) is 40.8 Å². The van der Waals surface area contributed by atoms with Gasteiger partial charge in [-0.2, -0.15) is 4.98 Å². The predicted molar refractivity (Wildman–Crippen MR) is 88.4 cm³/mol. The van der Waals surface area contributed by atoms with Crippen molar-refractivity contribution < 1.29 is 17.4 Å². The lowest BCUT2D eigenvalue weighted by atomic mass is 10.2. The summed E-state index contributed by atoms with van der Waals surface area (Å²) in [4.78, 5) is 6.51. The molecular formula is C13H20ClN5O4S. The van der Waals surface area contributed by atoms with Gasteiger partial charge in [0.25, 0.3) is 15.9 Å². The number of hydrogen-bond donors (Lipinski definition) is 1. The van der Waals surface area contributed by atoms with Crippen LogP contribution in [0.15, 0.2) is 26.4 Å². The molecule has 0 spiro atoms. The molecule has 0 amide bonds. The standard InChI is InChI=1S/C13H19N5O4S.ClH/c1-17(2)23(19,20)11-6-9(8-21-11)13-15-12(16-22-13)10-7-14-4-5-18(10)3;/h6,8,10,14H,4-5,7H2,1-3H3;1H. The van der Waals surface area contributed by atoms with E-state index in [1.54, 1.807) is 0 Å². The number of aromatic nitrogens is 2. The van der Waals surface area contributed by atoms with E-state index in [0.29, 0.717) is 11.4 Å². The summed E-state index contributed by atoms with van der Waals surface area (Å²) in [6.07, 6.45) is 1.30. The lowest BCUT2D eigenvalue weighted by Gasteiger charge is -2.30. The molecule has 1 atom stereocenters. The second kappa shape index (κ2) is 7.19. The monoisotopic (exact) mass is 377 g/mol. The van der Waals surface area contributed by atoms with Crippen molar-refractivity contribution in [2.45, 2.75) is 11.1 Å². The lowest BCUT2D eigenvalue weighted by Crippen LogP contribution is -2.44. The van der Waals surface area contributed by atoms with Crippen LogP contribution < -0.4 is 5.32 Å². The number of furan rings is 1. The molecule has 134 valence electrons. The first-order valence-corrected chi connectivity index (χ1v) is 8.59. The third kappa shape index (κ3) is 3.47. The number of halogens is 1. The van der Waals surface area contributed by atoms with E-state index in [2.05, 4.69) is 20.4 Å². The molecule has 1 aliphatic heterocycles. The molecule has 1 saturated heterocycles. The van der Waals surface area contributed by atoms with Crippen LogP contribution >= 0.6 is 12.4 Å². The Balaban J connectivity index is 0.00000208. The quantitative estimate of drug-likeness (QED) is 0.824. The van der Waals surface area contributed by atoms with Gasteiger partial charge in [0.2, 0.25) is 5.09 Å². The molecular weight excluding hydrogens is 358 g/mol. The normalized spacial score (nSPS) is 19.4. The minimum absolute atomic E-state index is 0. The van der Waals surface area contributed by atoms with Gasteiger partial charge in [-0.1, -0.05) is 5.16 Å². The summed E-state index contributed by atoms with van der Waals surface area (Å²) in [6, 6.07) is 1.41. The van der Waals surface area contributed by atoms with Gasteiger partial charge in [-0.05, 0) is 7.05 Å². The molecule has 0 radical (unpaired) electrons. The van der Waals surface area contributed by atoms with Gasteiger partial charge in [0.1, 0.15) is 6.26 Å². The van der Waals surface area contributed by atoms with Crippen LogP contribution in [0.1, 0.15) is 11.9 Å². The Kier molecular flexibility index (Phi) is 5.66. The van der Waals surface area contributed by atoms with Crippen molar-refractivity contribution >= 4 is 22.4 Å². The number of hydrogen-bond acceptors (Lipinski definition) is 8. The summed E-state index contributed by atoms with van der Waals surface area (Å²) < 4.78 is 35.5. The Morgan fingerprint density at radius 2 is 2.17 bits per heavy atom. The first-order valence-electron chi connectivity index (χ1n) is 7.15. The average molecular weight is 378 g/mol. The summed E-state index contributed by atoms with van der Waals surface area (Å²) in [7, 11) is 1.25. The van der Waals surface area contributed by atoms with Crippen molar-refractivity contribution in [1.29, 1.82) is 0 Å².